The Hall–Kier alpha value is -1.30. The first-order chi connectivity index (χ1) is 9.90. The van der Waals surface area contributed by atoms with Gasteiger partial charge in [0, 0.05) is 25.2 Å². The quantitative estimate of drug-likeness (QED) is 0.804. The number of aliphatic carboxylic acids is 1. The van der Waals surface area contributed by atoms with E-state index in [1.165, 1.54) is 17.7 Å². The van der Waals surface area contributed by atoms with Crippen molar-refractivity contribution in [2.45, 2.75) is 57.7 Å². The maximum atomic E-state index is 12.3. The predicted molar refractivity (Wildman–Crippen MR) is 80.2 cm³/mol. The minimum absolute atomic E-state index is 0.245. The molecule has 0 aromatic heterocycles. The molecule has 1 heterocycles. The number of hydrogen-bond donors (Lipinski definition) is 2. The molecule has 21 heavy (non-hydrogen) atoms. The second kappa shape index (κ2) is 6.64. The fourth-order valence-electron chi connectivity index (χ4n) is 2.94. The molecule has 2 aliphatic rings. The summed E-state index contributed by atoms with van der Waals surface area (Å²) in [5.74, 6) is -0.546. The molecule has 1 saturated carbocycles. The van der Waals surface area contributed by atoms with Crippen molar-refractivity contribution in [2.75, 3.05) is 20.1 Å². The normalized spacial score (nSPS) is 27.5. The van der Waals surface area contributed by atoms with Gasteiger partial charge in [-0.3, -0.25) is 4.90 Å². The largest absolute Gasteiger partial charge is 0.480 e. The summed E-state index contributed by atoms with van der Waals surface area (Å²) in [7, 11) is 2.08. The lowest BCUT2D eigenvalue weighted by Crippen LogP contribution is -2.54. The van der Waals surface area contributed by atoms with Gasteiger partial charge in [-0.25, -0.2) is 9.59 Å². The summed E-state index contributed by atoms with van der Waals surface area (Å²) < 4.78 is 0. The molecule has 1 aliphatic carbocycles. The van der Waals surface area contributed by atoms with E-state index in [2.05, 4.69) is 24.2 Å². The predicted octanol–water partition coefficient (Wildman–Crippen LogP) is 1.36. The van der Waals surface area contributed by atoms with Crippen molar-refractivity contribution < 1.29 is 14.7 Å². The first-order valence-corrected chi connectivity index (χ1v) is 7.89. The van der Waals surface area contributed by atoms with Gasteiger partial charge in [0.15, 0.2) is 0 Å². The van der Waals surface area contributed by atoms with Crippen LogP contribution in [0.1, 0.15) is 39.5 Å². The van der Waals surface area contributed by atoms with Gasteiger partial charge in [-0.05, 0) is 45.6 Å². The van der Waals surface area contributed by atoms with Crippen LogP contribution >= 0.6 is 0 Å². The minimum atomic E-state index is -0.903. The van der Waals surface area contributed by atoms with E-state index in [1.54, 1.807) is 0 Å². The molecule has 6 heteroatoms. The number of carbonyl (C=O) groups is 2. The molecule has 1 saturated heterocycles. The van der Waals surface area contributed by atoms with Gasteiger partial charge in [-0.2, -0.15) is 0 Å². The van der Waals surface area contributed by atoms with Gasteiger partial charge in [0.2, 0.25) is 0 Å². The fourth-order valence-corrected chi connectivity index (χ4v) is 2.94. The monoisotopic (exact) mass is 297 g/mol. The number of likely N-dealkylation sites (tertiary alicyclic amines) is 1. The second-order valence-corrected chi connectivity index (χ2v) is 6.61. The molecule has 2 amide bonds. The Labute approximate surface area is 126 Å². The molecule has 1 aliphatic heterocycles. The number of hydrogen-bond acceptors (Lipinski definition) is 3. The third-order valence-corrected chi connectivity index (χ3v) is 4.78. The lowest BCUT2D eigenvalue weighted by molar-refractivity contribution is -0.143. The zero-order valence-electron chi connectivity index (χ0n) is 13.2. The van der Waals surface area contributed by atoms with E-state index in [4.69, 9.17) is 0 Å². The van der Waals surface area contributed by atoms with Crippen LogP contribution in [0.5, 0.6) is 0 Å². The van der Waals surface area contributed by atoms with Crippen LogP contribution in [0.15, 0.2) is 0 Å². The van der Waals surface area contributed by atoms with Crippen molar-refractivity contribution in [3.63, 3.8) is 0 Å². The molecule has 0 aromatic rings. The van der Waals surface area contributed by atoms with E-state index in [9.17, 15) is 14.7 Å². The minimum Gasteiger partial charge on any atom is -0.480 e. The van der Waals surface area contributed by atoms with Gasteiger partial charge in [0.05, 0.1) is 0 Å². The van der Waals surface area contributed by atoms with Gasteiger partial charge in [-0.1, -0.05) is 6.92 Å². The smallest absolute Gasteiger partial charge is 0.326 e. The Balaban J connectivity index is 1.84. The number of urea groups is 1. The number of carboxylic acids is 1. The Morgan fingerprint density at radius 1 is 1.38 bits per heavy atom. The van der Waals surface area contributed by atoms with Crippen molar-refractivity contribution in [2.24, 2.45) is 5.92 Å². The third-order valence-electron chi connectivity index (χ3n) is 4.78. The van der Waals surface area contributed by atoms with E-state index < -0.39 is 12.0 Å². The Bertz CT molecular complexity index is 398. The average molecular weight is 297 g/mol. The van der Waals surface area contributed by atoms with Crippen LogP contribution in [0.25, 0.3) is 0 Å². The highest BCUT2D eigenvalue weighted by Crippen LogP contribution is 2.27. The molecule has 2 N–H and O–H groups in total. The summed E-state index contributed by atoms with van der Waals surface area (Å²) in [5.41, 5.74) is 0. The number of nitrogens with one attached hydrogen (secondary N) is 1. The number of amides is 2. The molecular formula is C15H27N3O3. The van der Waals surface area contributed by atoms with Gasteiger partial charge in [0.25, 0.3) is 0 Å². The van der Waals surface area contributed by atoms with E-state index in [-0.39, 0.29) is 12.1 Å². The standard InChI is InChI=1S/C15H27N3O3/c1-10-6-7-18(13(8-10)14(19)20)15(21)16-9-11(2)17(3)12-4-5-12/h10-13H,4-9H2,1-3H3,(H,16,21)(H,19,20). The molecule has 3 unspecified atom stereocenters. The molecule has 2 fully saturated rings. The molecule has 0 radical (unpaired) electrons. The molecule has 0 aromatic carbocycles. The molecule has 2 rings (SSSR count). The lowest BCUT2D eigenvalue weighted by atomic mass is 9.93. The van der Waals surface area contributed by atoms with Gasteiger partial charge in [-0.15, -0.1) is 0 Å². The SMILES string of the molecule is CC1CCN(C(=O)NCC(C)N(C)C2CC2)C(C(=O)O)C1. The highest BCUT2D eigenvalue weighted by atomic mass is 16.4. The second-order valence-electron chi connectivity index (χ2n) is 6.61. The van der Waals surface area contributed by atoms with Crippen LogP contribution in [0, 0.1) is 5.92 Å². The van der Waals surface area contributed by atoms with Crippen LogP contribution < -0.4 is 5.32 Å². The summed E-state index contributed by atoms with van der Waals surface area (Å²) >= 11 is 0. The van der Waals surface area contributed by atoms with Crippen molar-refractivity contribution >= 4 is 12.0 Å². The number of piperidine rings is 1. The van der Waals surface area contributed by atoms with Crippen molar-refractivity contribution in [3.8, 4) is 0 Å². The van der Waals surface area contributed by atoms with Crippen molar-refractivity contribution in [1.29, 1.82) is 0 Å². The van der Waals surface area contributed by atoms with Gasteiger partial charge in [0.1, 0.15) is 6.04 Å². The number of likely N-dealkylation sites (N-methyl/N-ethyl adjacent to an activating group) is 1. The first kappa shape index (κ1) is 16.1. The molecule has 3 atom stereocenters. The first-order valence-electron chi connectivity index (χ1n) is 7.89. The van der Waals surface area contributed by atoms with Crippen LogP contribution in [0.3, 0.4) is 0 Å². The Morgan fingerprint density at radius 2 is 2.05 bits per heavy atom. The summed E-state index contributed by atoms with van der Waals surface area (Å²) in [5, 5.41) is 12.2. The van der Waals surface area contributed by atoms with Crippen molar-refractivity contribution in [3.05, 3.63) is 0 Å². The molecule has 6 nitrogen and oxygen atoms in total. The summed E-state index contributed by atoms with van der Waals surface area (Å²) in [6.07, 6.45) is 3.88. The molecule has 120 valence electrons. The van der Waals surface area contributed by atoms with E-state index in [1.807, 2.05) is 6.92 Å². The molecule has 0 bridgehead atoms. The van der Waals surface area contributed by atoms with Crippen LogP contribution in [-0.2, 0) is 4.79 Å². The number of carbonyl (C=O) groups excluding carboxylic acids is 1. The highest BCUT2D eigenvalue weighted by molar-refractivity contribution is 5.82. The lowest BCUT2D eigenvalue weighted by Gasteiger charge is -2.36. The summed E-state index contributed by atoms with van der Waals surface area (Å²) in [6, 6.07) is -0.0106. The fraction of sp³-hybridized carbons (Fsp3) is 0.867. The van der Waals surface area contributed by atoms with E-state index in [0.717, 1.165) is 6.42 Å². The number of rotatable bonds is 5. The van der Waals surface area contributed by atoms with Gasteiger partial charge >= 0.3 is 12.0 Å². The zero-order valence-corrected chi connectivity index (χ0v) is 13.2. The Morgan fingerprint density at radius 3 is 2.62 bits per heavy atom. The molecular weight excluding hydrogens is 270 g/mol. The maximum Gasteiger partial charge on any atom is 0.326 e. The maximum absolute atomic E-state index is 12.3. The third kappa shape index (κ3) is 4.09. The van der Waals surface area contributed by atoms with Gasteiger partial charge < -0.3 is 15.3 Å². The van der Waals surface area contributed by atoms with E-state index >= 15 is 0 Å². The summed E-state index contributed by atoms with van der Waals surface area (Å²) in [6.45, 7) is 5.21. The topological polar surface area (TPSA) is 72.9 Å². The van der Waals surface area contributed by atoms with Crippen LogP contribution in [-0.4, -0.2) is 65.2 Å². The Kier molecular flexibility index (Phi) is 5.08. The zero-order chi connectivity index (χ0) is 15.6. The van der Waals surface area contributed by atoms with Crippen LogP contribution in [0.2, 0.25) is 0 Å². The average Bonchev–Trinajstić information content (AvgIpc) is 3.27. The molecule has 0 spiro atoms. The van der Waals surface area contributed by atoms with E-state index in [0.29, 0.717) is 31.5 Å². The van der Waals surface area contributed by atoms with Crippen LogP contribution in [0.4, 0.5) is 4.79 Å². The highest BCUT2D eigenvalue weighted by Gasteiger charge is 2.35. The number of carboxylic acid groups (broad SMARTS) is 1. The van der Waals surface area contributed by atoms with Crippen molar-refractivity contribution in [1.82, 2.24) is 15.1 Å². The number of nitrogens with zero attached hydrogens (tertiary/aromatic N) is 2. The summed E-state index contributed by atoms with van der Waals surface area (Å²) in [4.78, 5) is 27.4.